The molecule has 2 saturated carbocycles. The van der Waals surface area contributed by atoms with Crippen molar-refractivity contribution < 1.29 is 14.7 Å². The molecule has 1 amide bonds. The van der Waals surface area contributed by atoms with Gasteiger partial charge in [-0.05, 0) is 43.9 Å². The van der Waals surface area contributed by atoms with Crippen molar-refractivity contribution in [1.29, 1.82) is 0 Å². The number of carboxylic acid groups (broad SMARTS) is 1. The molecule has 0 aromatic carbocycles. The topological polar surface area (TPSA) is 66.4 Å². The Bertz CT molecular complexity index is 303. The van der Waals surface area contributed by atoms with E-state index in [1.54, 1.807) is 0 Å². The SMILES string of the molecule is C[C@H](NC(=O)CC1CC2CCC1C2)C(=O)O. The van der Waals surface area contributed by atoms with E-state index in [0.717, 1.165) is 11.8 Å². The smallest absolute Gasteiger partial charge is 0.325 e. The van der Waals surface area contributed by atoms with Crippen LogP contribution in [-0.2, 0) is 9.59 Å². The van der Waals surface area contributed by atoms with Crippen molar-refractivity contribution in [3.8, 4) is 0 Å². The molecule has 0 aromatic rings. The third-order valence-corrected chi connectivity index (χ3v) is 4.08. The minimum Gasteiger partial charge on any atom is -0.480 e. The fraction of sp³-hybridized carbons (Fsp3) is 0.833. The van der Waals surface area contributed by atoms with Crippen molar-refractivity contribution in [2.45, 2.75) is 45.1 Å². The normalized spacial score (nSPS) is 33.7. The summed E-state index contributed by atoms with van der Waals surface area (Å²) in [4.78, 5) is 22.2. The molecule has 0 heterocycles. The summed E-state index contributed by atoms with van der Waals surface area (Å²) in [5.41, 5.74) is 0. The Hall–Kier alpha value is -1.06. The second kappa shape index (κ2) is 4.44. The molecule has 3 unspecified atom stereocenters. The van der Waals surface area contributed by atoms with Crippen molar-refractivity contribution >= 4 is 11.9 Å². The van der Waals surface area contributed by atoms with Gasteiger partial charge in [-0.3, -0.25) is 9.59 Å². The van der Waals surface area contributed by atoms with E-state index in [4.69, 9.17) is 5.11 Å². The first-order chi connectivity index (χ1) is 7.56. The molecule has 2 bridgehead atoms. The van der Waals surface area contributed by atoms with Crippen LogP contribution < -0.4 is 5.32 Å². The maximum Gasteiger partial charge on any atom is 0.325 e. The van der Waals surface area contributed by atoms with Gasteiger partial charge in [0.15, 0.2) is 0 Å². The van der Waals surface area contributed by atoms with Gasteiger partial charge in [-0.15, -0.1) is 0 Å². The Labute approximate surface area is 95.4 Å². The largest absolute Gasteiger partial charge is 0.480 e. The number of fused-ring (bicyclic) bond motifs is 2. The Morgan fingerprint density at radius 3 is 2.62 bits per heavy atom. The van der Waals surface area contributed by atoms with Gasteiger partial charge in [0.25, 0.3) is 0 Å². The Morgan fingerprint density at radius 1 is 1.38 bits per heavy atom. The highest BCUT2D eigenvalue weighted by molar-refractivity contribution is 5.83. The lowest BCUT2D eigenvalue weighted by Gasteiger charge is -2.21. The van der Waals surface area contributed by atoms with Crippen LogP contribution in [0.5, 0.6) is 0 Å². The summed E-state index contributed by atoms with van der Waals surface area (Å²) >= 11 is 0. The number of aliphatic carboxylic acids is 1. The van der Waals surface area contributed by atoms with Crippen LogP contribution in [0, 0.1) is 17.8 Å². The van der Waals surface area contributed by atoms with Crippen LogP contribution in [0.25, 0.3) is 0 Å². The zero-order valence-corrected chi connectivity index (χ0v) is 9.61. The molecule has 90 valence electrons. The van der Waals surface area contributed by atoms with Gasteiger partial charge < -0.3 is 10.4 Å². The molecular weight excluding hydrogens is 206 g/mol. The third-order valence-electron chi connectivity index (χ3n) is 4.08. The summed E-state index contributed by atoms with van der Waals surface area (Å²) in [6.45, 7) is 1.50. The molecule has 0 saturated heterocycles. The van der Waals surface area contributed by atoms with Gasteiger partial charge in [-0.2, -0.15) is 0 Å². The van der Waals surface area contributed by atoms with Crippen molar-refractivity contribution in [2.75, 3.05) is 0 Å². The third kappa shape index (κ3) is 2.36. The summed E-state index contributed by atoms with van der Waals surface area (Å²) in [5.74, 6) is 0.976. The Morgan fingerprint density at radius 2 is 2.12 bits per heavy atom. The molecule has 4 heteroatoms. The number of hydrogen-bond donors (Lipinski definition) is 2. The second-order valence-corrected chi connectivity index (χ2v) is 5.27. The van der Waals surface area contributed by atoms with Gasteiger partial charge in [-0.25, -0.2) is 0 Å². The van der Waals surface area contributed by atoms with Gasteiger partial charge >= 0.3 is 5.97 Å². The summed E-state index contributed by atoms with van der Waals surface area (Å²) in [7, 11) is 0. The van der Waals surface area contributed by atoms with Crippen LogP contribution in [0.15, 0.2) is 0 Å². The van der Waals surface area contributed by atoms with E-state index >= 15 is 0 Å². The van der Waals surface area contributed by atoms with E-state index in [9.17, 15) is 9.59 Å². The Kier molecular flexibility index (Phi) is 3.17. The highest BCUT2D eigenvalue weighted by Crippen LogP contribution is 2.49. The molecule has 0 spiro atoms. The number of hydrogen-bond acceptors (Lipinski definition) is 2. The zero-order valence-electron chi connectivity index (χ0n) is 9.61. The molecule has 4 atom stereocenters. The predicted octanol–water partition coefficient (Wildman–Crippen LogP) is 1.40. The van der Waals surface area contributed by atoms with E-state index in [1.807, 2.05) is 0 Å². The maximum atomic E-state index is 11.6. The average molecular weight is 225 g/mol. The first-order valence-electron chi connectivity index (χ1n) is 6.08. The number of carboxylic acids is 1. The lowest BCUT2D eigenvalue weighted by atomic mass is 9.86. The summed E-state index contributed by atoms with van der Waals surface area (Å²) in [6.07, 6.45) is 5.55. The van der Waals surface area contributed by atoms with Crippen LogP contribution in [0.1, 0.15) is 39.0 Å². The first kappa shape index (κ1) is 11.4. The van der Waals surface area contributed by atoms with Crippen LogP contribution in [0.4, 0.5) is 0 Å². The maximum absolute atomic E-state index is 11.6. The molecule has 16 heavy (non-hydrogen) atoms. The minimum absolute atomic E-state index is 0.104. The summed E-state index contributed by atoms with van der Waals surface area (Å²) in [5, 5.41) is 11.2. The number of carbonyl (C=O) groups excluding carboxylic acids is 1. The molecule has 2 aliphatic rings. The first-order valence-corrected chi connectivity index (χ1v) is 6.08. The molecular formula is C12H19NO3. The number of carbonyl (C=O) groups is 2. The quantitative estimate of drug-likeness (QED) is 0.760. The van der Waals surface area contributed by atoms with E-state index in [1.165, 1.54) is 32.6 Å². The average Bonchev–Trinajstić information content (AvgIpc) is 2.78. The second-order valence-electron chi connectivity index (χ2n) is 5.27. The highest BCUT2D eigenvalue weighted by atomic mass is 16.4. The monoisotopic (exact) mass is 225 g/mol. The fourth-order valence-corrected chi connectivity index (χ4v) is 3.23. The summed E-state index contributed by atoms with van der Waals surface area (Å²) in [6, 6.07) is -0.772. The number of rotatable bonds is 4. The van der Waals surface area contributed by atoms with Crippen molar-refractivity contribution in [1.82, 2.24) is 5.32 Å². The van der Waals surface area contributed by atoms with Crippen LogP contribution in [0.3, 0.4) is 0 Å². The lowest BCUT2D eigenvalue weighted by Crippen LogP contribution is -2.39. The molecule has 2 N–H and O–H groups in total. The van der Waals surface area contributed by atoms with E-state index in [0.29, 0.717) is 12.3 Å². The predicted molar refractivity (Wildman–Crippen MR) is 58.8 cm³/mol. The molecule has 2 aliphatic carbocycles. The Balaban J connectivity index is 1.77. The molecule has 4 nitrogen and oxygen atoms in total. The fourth-order valence-electron chi connectivity index (χ4n) is 3.23. The number of amides is 1. The highest BCUT2D eigenvalue weighted by Gasteiger charge is 2.40. The van der Waals surface area contributed by atoms with Crippen molar-refractivity contribution in [2.24, 2.45) is 17.8 Å². The summed E-state index contributed by atoms with van der Waals surface area (Å²) < 4.78 is 0. The lowest BCUT2D eigenvalue weighted by molar-refractivity contribution is -0.141. The zero-order chi connectivity index (χ0) is 11.7. The molecule has 0 aromatic heterocycles. The van der Waals surface area contributed by atoms with Crippen molar-refractivity contribution in [3.05, 3.63) is 0 Å². The molecule has 0 aliphatic heterocycles. The van der Waals surface area contributed by atoms with Gasteiger partial charge in [0.2, 0.25) is 5.91 Å². The van der Waals surface area contributed by atoms with E-state index in [2.05, 4.69) is 5.32 Å². The van der Waals surface area contributed by atoms with Crippen LogP contribution in [-0.4, -0.2) is 23.0 Å². The van der Waals surface area contributed by atoms with E-state index in [-0.39, 0.29) is 5.91 Å². The van der Waals surface area contributed by atoms with Gasteiger partial charge in [-0.1, -0.05) is 6.42 Å². The molecule has 2 fully saturated rings. The van der Waals surface area contributed by atoms with Gasteiger partial charge in [0.1, 0.15) is 6.04 Å². The van der Waals surface area contributed by atoms with Gasteiger partial charge in [0.05, 0.1) is 0 Å². The molecule has 2 rings (SSSR count). The minimum atomic E-state index is -0.971. The van der Waals surface area contributed by atoms with Crippen LogP contribution in [0.2, 0.25) is 0 Å². The van der Waals surface area contributed by atoms with Crippen molar-refractivity contribution in [3.63, 3.8) is 0 Å². The van der Waals surface area contributed by atoms with Crippen LogP contribution >= 0.6 is 0 Å². The number of nitrogens with one attached hydrogen (secondary N) is 1. The standard InChI is InChI=1S/C12H19NO3/c1-7(12(15)16)13-11(14)6-10-5-8-2-3-9(10)4-8/h7-10H,2-6H2,1H3,(H,13,14)(H,15,16)/t7-,8?,9?,10?/m0/s1. The molecule has 0 radical (unpaired) electrons. The van der Waals surface area contributed by atoms with E-state index < -0.39 is 12.0 Å². The van der Waals surface area contributed by atoms with Gasteiger partial charge in [0, 0.05) is 6.42 Å².